The molecule has 1 heterocycles. The van der Waals surface area contributed by atoms with E-state index in [-0.39, 0.29) is 0 Å². The monoisotopic (exact) mass is 395 g/mol. The molecule has 8 heteroatoms. The van der Waals surface area contributed by atoms with Crippen LogP contribution in [-0.4, -0.2) is 35.9 Å². The quantitative estimate of drug-likeness (QED) is 0.407. The first-order chi connectivity index (χ1) is 12.5. The average Bonchev–Trinajstić information content (AvgIpc) is 2.65. The second-order valence-electron chi connectivity index (χ2n) is 5.28. The molecule has 1 aromatic heterocycles. The van der Waals surface area contributed by atoms with Crippen LogP contribution in [0.15, 0.2) is 23.4 Å². The van der Waals surface area contributed by atoms with Crippen molar-refractivity contribution in [1.29, 1.82) is 0 Å². The first-order valence-electron chi connectivity index (χ1n) is 8.22. The Labute approximate surface area is 162 Å². The lowest BCUT2D eigenvalue weighted by atomic mass is 10.1. The minimum absolute atomic E-state index is 0.291. The number of methoxy groups -OCH3 is 1. The number of aryl methyl sites for hydroxylation is 1. The zero-order valence-electron chi connectivity index (χ0n) is 15.3. The fourth-order valence-electron chi connectivity index (χ4n) is 2.38. The maximum Gasteiger partial charge on any atom is 0.343 e. The number of carbonyl (C=O) groups is 1. The Morgan fingerprint density at radius 3 is 2.65 bits per heavy atom. The van der Waals surface area contributed by atoms with Crippen LogP contribution in [0.4, 0.5) is 5.82 Å². The molecule has 6 nitrogen and oxygen atoms in total. The minimum atomic E-state index is -0.424. The average molecular weight is 396 g/mol. The number of hydrogen-bond donors (Lipinski definition) is 1. The van der Waals surface area contributed by atoms with Gasteiger partial charge in [0.15, 0.2) is 5.16 Å². The van der Waals surface area contributed by atoms with Gasteiger partial charge in [0.05, 0.1) is 24.4 Å². The topological polar surface area (TPSA) is 73.3 Å². The van der Waals surface area contributed by atoms with Crippen LogP contribution in [-0.2, 0) is 17.7 Å². The van der Waals surface area contributed by atoms with Crippen LogP contribution in [0.25, 0.3) is 0 Å². The predicted octanol–water partition coefficient (Wildman–Crippen LogP) is 4.21. The van der Waals surface area contributed by atoms with Gasteiger partial charge in [0.25, 0.3) is 0 Å². The Balaban J connectivity index is 2.34. The molecule has 1 aromatic carbocycles. The van der Waals surface area contributed by atoms with Gasteiger partial charge in [-0.25, -0.2) is 14.8 Å². The zero-order chi connectivity index (χ0) is 19.1. The summed E-state index contributed by atoms with van der Waals surface area (Å²) in [5.74, 6) is 0.654. The van der Waals surface area contributed by atoms with Gasteiger partial charge in [-0.3, -0.25) is 0 Å². The summed E-state index contributed by atoms with van der Waals surface area (Å²) in [5.41, 5.74) is 1.98. The Morgan fingerprint density at radius 1 is 1.31 bits per heavy atom. The van der Waals surface area contributed by atoms with E-state index in [0.29, 0.717) is 52.6 Å². The smallest absolute Gasteiger partial charge is 0.343 e. The number of carbonyl (C=O) groups excluding carboxylic acids is 1. The van der Waals surface area contributed by atoms with Gasteiger partial charge in [-0.1, -0.05) is 36.4 Å². The molecule has 1 N–H and O–H groups in total. The lowest BCUT2D eigenvalue weighted by molar-refractivity contribution is 0.0525. The first kappa shape index (κ1) is 20.3. The maximum atomic E-state index is 12.4. The highest BCUT2D eigenvalue weighted by atomic mass is 35.5. The van der Waals surface area contributed by atoms with Gasteiger partial charge in [-0.15, -0.1) is 0 Å². The predicted molar refractivity (Wildman–Crippen MR) is 104 cm³/mol. The van der Waals surface area contributed by atoms with Crippen LogP contribution < -0.4 is 10.1 Å². The SMILES string of the molecule is CCOC(=O)c1c(CC)nc(SC)nc1NCc1ccc(OC)c(Cl)c1. The van der Waals surface area contributed by atoms with Crippen LogP contribution in [0, 0.1) is 0 Å². The summed E-state index contributed by atoms with van der Waals surface area (Å²) in [6.07, 6.45) is 2.50. The molecule has 0 radical (unpaired) electrons. The lowest BCUT2D eigenvalue weighted by Gasteiger charge is -2.15. The molecular weight excluding hydrogens is 374 g/mol. The van der Waals surface area contributed by atoms with Crippen molar-refractivity contribution in [3.8, 4) is 5.75 Å². The van der Waals surface area contributed by atoms with E-state index >= 15 is 0 Å². The van der Waals surface area contributed by atoms with Crippen LogP contribution in [0.3, 0.4) is 0 Å². The van der Waals surface area contributed by atoms with Crippen LogP contribution in [0.5, 0.6) is 5.75 Å². The summed E-state index contributed by atoms with van der Waals surface area (Å²) in [6.45, 7) is 4.46. The number of aromatic nitrogens is 2. The summed E-state index contributed by atoms with van der Waals surface area (Å²) in [5, 5.41) is 4.35. The van der Waals surface area contributed by atoms with Crippen molar-refractivity contribution < 1.29 is 14.3 Å². The molecule has 0 aliphatic rings. The molecule has 0 amide bonds. The van der Waals surface area contributed by atoms with Gasteiger partial charge in [0.2, 0.25) is 0 Å². The number of nitrogens with zero attached hydrogens (tertiary/aromatic N) is 2. The van der Waals surface area contributed by atoms with Gasteiger partial charge in [0.1, 0.15) is 17.1 Å². The molecule has 0 bridgehead atoms. The van der Waals surface area contributed by atoms with Gasteiger partial charge >= 0.3 is 5.97 Å². The number of esters is 1. The van der Waals surface area contributed by atoms with Crippen molar-refractivity contribution in [2.24, 2.45) is 0 Å². The Morgan fingerprint density at radius 2 is 2.08 bits per heavy atom. The molecule has 2 aromatic rings. The van der Waals surface area contributed by atoms with E-state index in [1.807, 2.05) is 25.3 Å². The van der Waals surface area contributed by atoms with Gasteiger partial charge in [-0.2, -0.15) is 0 Å². The Bertz CT molecular complexity index is 787. The largest absolute Gasteiger partial charge is 0.495 e. The number of nitrogens with one attached hydrogen (secondary N) is 1. The summed E-state index contributed by atoms with van der Waals surface area (Å²) in [4.78, 5) is 21.3. The molecular formula is C18H22ClN3O3S. The van der Waals surface area contributed by atoms with Crippen molar-refractivity contribution in [2.75, 3.05) is 25.3 Å². The molecule has 0 spiro atoms. The van der Waals surface area contributed by atoms with Crippen molar-refractivity contribution in [2.45, 2.75) is 32.0 Å². The number of halogens is 1. The molecule has 0 unspecified atom stereocenters. The molecule has 140 valence electrons. The van der Waals surface area contributed by atoms with E-state index in [4.69, 9.17) is 21.1 Å². The number of rotatable bonds is 8. The first-order valence-corrected chi connectivity index (χ1v) is 9.82. The molecule has 0 saturated heterocycles. The minimum Gasteiger partial charge on any atom is -0.495 e. The van der Waals surface area contributed by atoms with E-state index in [1.54, 1.807) is 20.1 Å². The third-order valence-corrected chi connectivity index (χ3v) is 4.48. The van der Waals surface area contributed by atoms with Crippen molar-refractivity contribution >= 4 is 35.1 Å². The number of hydrogen-bond acceptors (Lipinski definition) is 7. The summed E-state index contributed by atoms with van der Waals surface area (Å²) in [7, 11) is 1.57. The lowest BCUT2D eigenvalue weighted by Crippen LogP contribution is -2.16. The van der Waals surface area contributed by atoms with E-state index in [0.717, 1.165) is 5.56 Å². The highest BCUT2D eigenvalue weighted by Gasteiger charge is 2.21. The van der Waals surface area contributed by atoms with Crippen molar-refractivity contribution in [3.63, 3.8) is 0 Å². The number of anilines is 1. The zero-order valence-corrected chi connectivity index (χ0v) is 16.8. The van der Waals surface area contributed by atoms with Gasteiger partial charge in [0, 0.05) is 6.54 Å². The van der Waals surface area contributed by atoms with E-state index in [1.165, 1.54) is 11.8 Å². The second kappa shape index (κ2) is 9.64. The fourth-order valence-corrected chi connectivity index (χ4v) is 3.05. The summed E-state index contributed by atoms with van der Waals surface area (Å²) < 4.78 is 10.3. The number of thioether (sulfide) groups is 1. The van der Waals surface area contributed by atoms with Crippen LogP contribution >= 0.6 is 23.4 Å². The van der Waals surface area contributed by atoms with Gasteiger partial charge in [-0.05, 0) is 37.3 Å². The second-order valence-corrected chi connectivity index (χ2v) is 6.46. The maximum absolute atomic E-state index is 12.4. The standard InChI is InChI=1S/C18H22ClN3O3S/c1-5-13-15(17(23)25-6-2)16(22-18(21-13)26-4)20-10-11-7-8-14(24-3)12(19)9-11/h7-9H,5-6,10H2,1-4H3,(H,20,21,22). The highest BCUT2D eigenvalue weighted by Crippen LogP contribution is 2.26. The molecule has 0 aliphatic heterocycles. The van der Waals surface area contributed by atoms with Crippen LogP contribution in [0.2, 0.25) is 5.02 Å². The molecule has 0 fully saturated rings. The Hall–Kier alpha value is -1.99. The van der Waals surface area contributed by atoms with Gasteiger partial charge < -0.3 is 14.8 Å². The molecule has 26 heavy (non-hydrogen) atoms. The van der Waals surface area contributed by atoms with Crippen LogP contribution in [0.1, 0.15) is 35.5 Å². The third kappa shape index (κ3) is 4.80. The van der Waals surface area contributed by atoms with Crippen molar-refractivity contribution in [1.82, 2.24) is 9.97 Å². The van der Waals surface area contributed by atoms with Crippen molar-refractivity contribution in [3.05, 3.63) is 40.0 Å². The normalized spacial score (nSPS) is 10.5. The summed E-state index contributed by atoms with van der Waals surface area (Å²) in [6, 6.07) is 5.52. The number of benzene rings is 1. The van der Waals surface area contributed by atoms with E-state index in [9.17, 15) is 4.79 Å². The molecule has 0 saturated carbocycles. The Kier molecular flexibility index (Phi) is 7.53. The highest BCUT2D eigenvalue weighted by molar-refractivity contribution is 7.98. The molecule has 0 atom stereocenters. The molecule has 2 rings (SSSR count). The molecule has 0 aliphatic carbocycles. The fraction of sp³-hybridized carbons (Fsp3) is 0.389. The van der Waals surface area contributed by atoms with E-state index < -0.39 is 5.97 Å². The number of ether oxygens (including phenoxy) is 2. The third-order valence-electron chi connectivity index (χ3n) is 3.64. The summed E-state index contributed by atoms with van der Waals surface area (Å²) >= 11 is 7.60. The van der Waals surface area contributed by atoms with E-state index in [2.05, 4.69) is 15.3 Å².